The summed E-state index contributed by atoms with van der Waals surface area (Å²) in [5.41, 5.74) is 0.236. The molecule has 80 valence electrons. The monoisotopic (exact) mass is 195 g/mol. The molecule has 1 amide bonds. The summed E-state index contributed by atoms with van der Waals surface area (Å²) >= 11 is 0. The van der Waals surface area contributed by atoms with E-state index in [1.807, 2.05) is 0 Å². The van der Waals surface area contributed by atoms with Crippen molar-refractivity contribution in [1.82, 2.24) is 4.90 Å². The van der Waals surface area contributed by atoms with Crippen molar-refractivity contribution in [2.45, 2.75) is 40.0 Å². The Bertz CT molecular complexity index is 241. The number of amides is 1. The van der Waals surface area contributed by atoms with Crippen LogP contribution in [0.2, 0.25) is 0 Å². The molecule has 1 heterocycles. The van der Waals surface area contributed by atoms with Crippen molar-refractivity contribution in [3.8, 4) is 0 Å². The van der Waals surface area contributed by atoms with Gasteiger partial charge in [0.2, 0.25) is 5.91 Å². The highest BCUT2D eigenvalue weighted by molar-refractivity contribution is 5.81. The predicted octanol–water partition coefficient (Wildman–Crippen LogP) is 2.29. The Morgan fingerprint density at radius 2 is 1.86 bits per heavy atom. The second kappa shape index (κ2) is 3.25. The molecule has 0 spiro atoms. The maximum Gasteiger partial charge on any atom is 0.226 e. The van der Waals surface area contributed by atoms with Crippen LogP contribution in [0.15, 0.2) is 0 Å². The van der Waals surface area contributed by atoms with Gasteiger partial charge in [0.1, 0.15) is 0 Å². The van der Waals surface area contributed by atoms with Gasteiger partial charge in [0.15, 0.2) is 0 Å². The van der Waals surface area contributed by atoms with Gasteiger partial charge in [-0.1, -0.05) is 20.8 Å². The van der Waals surface area contributed by atoms with Crippen LogP contribution in [0.5, 0.6) is 0 Å². The number of carbonyl (C=O) groups is 1. The van der Waals surface area contributed by atoms with Crippen LogP contribution in [-0.2, 0) is 4.79 Å². The van der Waals surface area contributed by atoms with Crippen molar-refractivity contribution in [1.29, 1.82) is 0 Å². The minimum atomic E-state index is 0.236. The second-order valence-corrected chi connectivity index (χ2v) is 5.54. The van der Waals surface area contributed by atoms with Crippen LogP contribution in [-0.4, -0.2) is 23.9 Å². The predicted molar refractivity (Wildman–Crippen MR) is 56.9 cm³/mol. The summed E-state index contributed by atoms with van der Waals surface area (Å²) in [5, 5.41) is 0. The Morgan fingerprint density at radius 3 is 2.29 bits per heavy atom. The van der Waals surface area contributed by atoms with E-state index in [1.165, 1.54) is 12.8 Å². The lowest BCUT2D eigenvalue weighted by Crippen LogP contribution is -2.51. The number of nitrogens with zero attached hydrogens (tertiary/aromatic N) is 1. The van der Waals surface area contributed by atoms with E-state index in [0.29, 0.717) is 17.7 Å². The molecule has 1 aliphatic carbocycles. The van der Waals surface area contributed by atoms with Gasteiger partial charge in [-0.2, -0.15) is 0 Å². The van der Waals surface area contributed by atoms with Gasteiger partial charge in [-0.25, -0.2) is 0 Å². The van der Waals surface area contributed by atoms with Crippen LogP contribution in [0.3, 0.4) is 0 Å². The van der Waals surface area contributed by atoms with Crippen LogP contribution in [0.1, 0.15) is 40.0 Å². The number of carbonyl (C=O) groups excluding carboxylic acids is 1. The van der Waals surface area contributed by atoms with Gasteiger partial charge >= 0.3 is 0 Å². The molecule has 0 N–H and O–H groups in total. The summed E-state index contributed by atoms with van der Waals surface area (Å²) in [5.74, 6) is 1.43. The topological polar surface area (TPSA) is 20.3 Å². The number of likely N-dealkylation sites (tertiary alicyclic amines) is 1. The van der Waals surface area contributed by atoms with Gasteiger partial charge < -0.3 is 4.90 Å². The van der Waals surface area contributed by atoms with Crippen LogP contribution < -0.4 is 0 Å². The van der Waals surface area contributed by atoms with E-state index < -0.39 is 0 Å². The molecule has 2 rings (SSSR count). The molecule has 1 saturated heterocycles. The van der Waals surface area contributed by atoms with Crippen LogP contribution in [0.25, 0.3) is 0 Å². The van der Waals surface area contributed by atoms with E-state index in [1.54, 1.807) is 0 Å². The molecular formula is C12H21NO. The first-order chi connectivity index (χ1) is 6.53. The summed E-state index contributed by atoms with van der Waals surface area (Å²) in [4.78, 5) is 14.2. The zero-order valence-corrected chi connectivity index (χ0v) is 9.55. The van der Waals surface area contributed by atoms with Gasteiger partial charge in [-0.15, -0.1) is 0 Å². The van der Waals surface area contributed by atoms with Gasteiger partial charge in [0.05, 0.1) is 0 Å². The zero-order chi connectivity index (χ0) is 10.3. The average molecular weight is 195 g/mol. The van der Waals surface area contributed by atoms with E-state index >= 15 is 0 Å². The average Bonchev–Trinajstić information content (AvgIpc) is 2.65. The summed E-state index contributed by atoms with van der Waals surface area (Å²) in [7, 11) is 0. The van der Waals surface area contributed by atoms with Gasteiger partial charge in [0, 0.05) is 19.0 Å². The highest BCUT2D eigenvalue weighted by atomic mass is 16.2. The summed E-state index contributed by atoms with van der Waals surface area (Å²) < 4.78 is 0. The van der Waals surface area contributed by atoms with Gasteiger partial charge in [-0.05, 0) is 30.6 Å². The number of hydrogen-bond donors (Lipinski definition) is 0. The van der Waals surface area contributed by atoms with Crippen molar-refractivity contribution in [2.75, 3.05) is 13.1 Å². The second-order valence-electron chi connectivity index (χ2n) is 5.54. The molecule has 0 aromatic rings. The summed E-state index contributed by atoms with van der Waals surface area (Å²) in [6.07, 6.45) is 3.51. The molecule has 1 saturated carbocycles. The Hall–Kier alpha value is -0.530. The fraction of sp³-hybridized carbons (Fsp3) is 0.917. The minimum absolute atomic E-state index is 0.236. The molecule has 0 aromatic carbocycles. The maximum absolute atomic E-state index is 12.1. The molecule has 0 unspecified atom stereocenters. The van der Waals surface area contributed by atoms with Crippen molar-refractivity contribution in [3.05, 3.63) is 0 Å². The first kappa shape index (κ1) is 10.0. The Kier molecular flexibility index (Phi) is 2.32. The molecule has 2 atom stereocenters. The SMILES string of the molecule is C[C@H]1C[C@@H](C(=O)N2CCCC2)C1(C)C. The molecular weight excluding hydrogens is 174 g/mol. The third-order valence-corrected chi connectivity index (χ3v) is 4.47. The van der Waals surface area contributed by atoms with E-state index in [4.69, 9.17) is 0 Å². The third kappa shape index (κ3) is 1.35. The van der Waals surface area contributed by atoms with Crippen LogP contribution in [0.4, 0.5) is 0 Å². The van der Waals surface area contributed by atoms with E-state index in [-0.39, 0.29) is 5.41 Å². The molecule has 2 aliphatic rings. The van der Waals surface area contributed by atoms with Crippen molar-refractivity contribution in [3.63, 3.8) is 0 Å². The highest BCUT2D eigenvalue weighted by Gasteiger charge is 2.50. The van der Waals surface area contributed by atoms with Crippen LogP contribution >= 0.6 is 0 Å². The van der Waals surface area contributed by atoms with Gasteiger partial charge in [0.25, 0.3) is 0 Å². The zero-order valence-electron chi connectivity index (χ0n) is 9.55. The Morgan fingerprint density at radius 1 is 1.29 bits per heavy atom. The number of rotatable bonds is 1. The Balaban J connectivity index is 1.99. The van der Waals surface area contributed by atoms with Crippen molar-refractivity contribution < 1.29 is 4.79 Å². The quantitative estimate of drug-likeness (QED) is 0.628. The summed E-state index contributed by atoms with van der Waals surface area (Å²) in [6.45, 7) is 8.73. The van der Waals surface area contributed by atoms with Crippen molar-refractivity contribution >= 4 is 5.91 Å². The molecule has 0 radical (unpaired) electrons. The third-order valence-electron chi connectivity index (χ3n) is 4.47. The summed E-state index contributed by atoms with van der Waals surface area (Å²) in [6, 6.07) is 0. The first-order valence-electron chi connectivity index (χ1n) is 5.82. The van der Waals surface area contributed by atoms with E-state index in [0.717, 1.165) is 19.5 Å². The fourth-order valence-electron chi connectivity index (χ4n) is 2.72. The molecule has 14 heavy (non-hydrogen) atoms. The Labute approximate surface area is 86.7 Å². The highest BCUT2D eigenvalue weighted by Crippen LogP contribution is 2.51. The molecule has 0 bridgehead atoms. The molecule has 2 heteroatoms. The molecule has 1 aliphatic heterocycles. The van der Waals surface area contributed by atoms with E-state index in [2.05, 4.69) is 25.7 Å². The molecule has 2 fully saturated rings. The lowest BCUT2D eigenvalue weighted by atomic mass is 9.55. The van der Waals surface area contributed by atoms with E-state index in [9.17, 15) is 4.79 Å². The molecule has 2 nitrogen and oxygen atoms in total. The smallest absolute Gasteiger partial charge is 0.226 e. The number of hydrogen-bond acceptors (Lipinski definition) is 1. The normalized spacial score (nSPS) is 35.5. The lowest BCUT2D eigenvalue weighted by molar-refractivity contribution is -0.149. The van der Waals surface area contributed by atoms with Crippen molar-refractivity contribution in [2.24, 2.45) is 17.3 Å². The maximum atomic E-state index is 12.1. The van der Waals surface area contributed by atoms with Gasteiger partial charge in [-0.3, -0.25) is 4.79 Å². The lowest BCUT2D eigenvalue weighted by Gasteiger charge is -2.50. The first-order valence-corrected chi connectivity index (χ1v) is 5.82. The fourth-order valence-corrected chi connectivity index (χ4v) is 2.72. The van der Waals surface area contributed by atoms with Crippen LogP contribution in [0, 0.1) is 17.3 Å². The largest absolute Gasteiger partial charge is 0.342 e. The minimum Gasteiger partial charge on any atom is -0.342 e. The molecule has 0 aromatic heterocycles. The standard InChI is InChI=1S/C12H21NO/c1-9-8-10(12(9,2)3)11(14)13-6-4-5-7-13/h9-10H,4-8H2,1-3H3/t9-,10-/m0/s1.